The molecule has 2 rings (SSSR count). The van der Waals surface area contributed by atoms with Gasteiger partial charge in [-0.2, -0.15) is 0 Å². The molecule has 4 heteroatoms. The van der Waals surface area contributed by atoms with E-state index in [1.54, 1.807) is 0 Å². The fraction of sp³-hybridized carbons (Fsp3) is 0.917. The first kappa shape index (κ1) is 11.9. The molecule has 1 amide bonds. The van der Waals surface area contributed by atoms with Crippen molar-refractivity contribution in [1.29, 1.82) is 0 Å². The van der Waals surface area contributed by atoms with Crippen LogP contribution in [0.15, 0.2) is 0 Å². The third kappa shape index (κ3) is 3.76. The zero-order valence-corrected chi connectivity index (χ0v) is 10.1. The summed E-state index contributed by atoms with van der Waals surface area (Å²) in [5, 5.41) is 6.29. The van der Waals surface area contributed by atoms with Crippen molar-refractivity contribution >= 4 is 5.91 Å². The monoisotopic (exact) mass is 226 g/mol. The highest BCUT2D eigenvalue weighted by molar-refractivity contribution is 5.76. The largest absolute Gasteiger partial charge is 0.374 e. The van der Waals surface area contributed by atoms with Crippen LogP contribution in [0.2, 0.25) is 0 Å². The number of amides is 1. The predicted octanol–water partition coefficient (Wildman–Crippen LogP) is 0.814. The Morgan fingerprint density at radius 1 is 1.50 bits per heavy atom. The lowest BCUT2D eigenvalue weighted by Gasteiger charge is -2.23. The molecule has 0 bridgehead atoms. The van der Waals surface area contributed by atoms with Gasteiger partial charge in [0, 0.05) is 32.2 Å². The Balaban J connectivity index is 1.52. The summed E-state index contributed by atoms with van der Waals surface area (Å²) in [5.41, 5.74) is -0.00698. The van der Waals surface area contributed by atoms with Crippen LogP contribution >= 0.6 is 0 Å². The number of ether oxygens (including phenoxy) is 1. The first-order valence-corrected chi connectivity index (χ1v) is 6.32. The predicted molar refractivity (Wildman–Crippen MR) is 62.2 cm³/mol. The van der Waals surface area contributed by atoms with Gasteiger partial charge in [-0.1, -0.05) is 0 Å². The van der Waals surface area contributed by atoms with Crippen LogP contribution in [0.1, 0.15) is 39.0 Å². The minimum Gasteiger partial charge on any atom is -0.374 e. The Hall–Kier alpha value is -0.610. The van der Waals surface area contributed by atoms with Gasteiger partial charge in [-0.15, -0.1) is 0 Å². The summed E-state index contributed by atoms with van der Waals surface area (Å²) >= 11 is 0. The van der Waals surface area contributed by atoms with Gasteiger partial charge < -0.3 is 15.4 Å². The number of carbonyl (C=O) groups is 1. The van der Waals surface area contributed by atoms with Gasteiger partial charge in [-0.3, -0.25) is 4.79 Å². The number of nitrogens with one attached hydrogen (secondary N) is 2. The van der Waals surface area contributed by atoms with Crippen LogP contribution in [0.5, 0.6) is 0 Å². The third-order valence-electron chi connectivity index (χ3n) is 3.27. The zero-order chi connectivity index (χ0) is 11.4. The molecule has 4 nitrogen and oxygen atoms in total. The molecular formula is C12H22N2O2. The van der Waals surface area contributed by atoms with Gasteiger partial charge in [0.2, 0.25) is 5.91 Å². The Morgan fingerprint density at radius 2 is 2.31 bits per heavy atom. The van der Waals surface area contributed by atoms with Crippen molar-refractivity contribution in [3.8, 4) is 0 Å². The van der Waals surface area contributed by atoms with E-state index in [0.717, 1.165) is 45.4 Å². The second-order valence-corrected chi connectivity index (χ2v) is 5.17. The molecule has 1 saturated carbocycles. The second kappa shape index (κ2) is 5.15. The molecule has 1 unspecified atom stereocenters. The van der Waals surface area contributed by atoms with Gasteiger partial charge in [0.05, 0.1) is 5.60 Å². The van der Waals surface area contributed by atoms with Crippen molar-refractivity contribution in [3.05, 3.63) is 0 Å². The molecule has 92 valence electrons. The van der Waals surface area contributed by atoms with Gasteiger partial charge in [-0.25, -0.2) is 0 Å². The molecule has 1 saturated heterocycles. The highest BCUT2D eigenvalue weighted by Gasteiger charge is 2.29. The molecule has 1 aliphatic carbocycles. The number of carbonyl (C=O) groups excluding carboxylic acids is 1. The smallest absolute Gasteiger partial charge is 0.221 e. The van der Waals surface area contributed by atoms with Crippen LogP contribution in [0.3, 0.4) is 0 Å². The van der Waals surface area contributed by atoms with E-state index >= 15 is 0 Å². The fourth-order valence-corrected chi connectivity index (χ4v) is 2.06. The minimum absolute atomic E-state index is 0.00698. The molecule has 0 spiro atoms. The van der Waals surface area contributed by atoms with Crippen molar-refractivity contribution in [1.82, 2.24) is 10.6 Å². The Morgan fingerprint density at radius 3 is 2.94 bits per heavy atom. The second-order valence-electron chi connectivity index (χ2n) is 5.17. The lowest BCUT2D eigenvalue weighted by atomic mass is 10.0. The highest BCUT2D eigenvalue weighted by Crippen LogP contribution is 2.23. The summed E-state index contributed by atoms with van der Waals surface area (Å²) in [5.74, 6) is 0.174. The molecule has 0 aromatic rings. The molecule has 16 heavy (non-hydrogen) atoms. The standard InChI is InChI=1S/C12H22N2O2/c1-12(6-2-8-16-12)9-13-7-5-11(15)14-10-3-4-10/h10,13H,2-9H2,1H3,(H,14,15). The molecule has 0 radical (unpaired) electrons. The number of hydrogen-bond acceptors (Lipinski definition) is 3. The highest BCUT2D eigenvalue weighted by atomic mass is 16.5. The summed E-state index contributed by atoms with van der Waals surface area (Å²) in [6.45, 7) is 4.61. The van der Waals surface area contributed by atoms with Gasteiger partial charge >= 0.3 is 0 Å². The van der Waals surface area contributed by atoms with Crippen molar-refractivity contribution in [3.63, 3.8) is 0 Å². The van der Waals surface area contributed by atoms with Crippen molar-refractivity contribution in [2.24, 2.45) is 0 Å². The molecule has 1 aliphatic heterocycles. The average Bonchev–Trinajstić information content (AvgIpc) is 2.95. The van der Waals surface area contributed by atoms with E-state index < -0.39 is 0 Å². The maximum absolute atomic E-state index is 11.4. The van der Waals surface area contributed by atoms with Crippen molar-refractivity contribution in [2.75, 3.05) is 19.7 Å². The molecule has 0 aromatic heterocycles. The fourth-order valence-electron chi connectivity index (χ4n) is 2.06. The maximum Gasteiger partial charge on any atom is 0.221 e. The first-order valence-electron chi connectivity index (χ1n) is 6.32. The summed E-state index contributed by atoms with van der Waals surface area (Å²) in [7, 11) is 0. The Kier molecular flexibility index (Phi) is 3.82. The SMILES string of the molecule is CC1(CNCCC(=O)NC2CC2)CCCO1. The normalized spacial score (nSPS) is 29.3. The van der Waals surface area contributed by atoms with Crippen LogP contribution in [0, 0.1) is 0 Å². The van der Waals surface area contributed by atoms with E-state index in [-0.39, 0.29) is 11.5 Å². The third-order valence-corrected chi connectivity index (χ3v) is 3.27. The van der Waals surface area contributed by atoms with Crippen LogP contribution < -0.4 is 10.6 Å². The lowest BCUT2D eigenvalue weighted by Crippen LogP contribution is -2.39. The maximum atomic E-state index is 11.4. The van der Waals surface area contributed by atoms with Crippen LogP contribution in [-0.2, 0) is 9.53 Å². The van der Waals surface area contributed by atoms with E-state index in [2.05, 4.69) is 17.6 Å². The quantitative estimate of drug-likeness (QED) is 0.659. The number of rotatable bonds is 6. The van der Waals surface area contributed by atoms with Gasteiger partial charge in [0.25, 0.3) is 0 Å². The van der Waals surface area contributed by atoms with E-state index in [1.807, 2.05) is 0 Å². The lowest BCUT2D eigenvalue weighted by molar-refractivity contribution is -0.121. The minimum atomic E-state index is -0.00698. The van der Waals surface area contributed by atoms with E-state index in [4.69, 9.17) is 4.74 Å². The average molecular weight is 226 g/mol. The van der Waals surface area contributed by atoms with Crippen LogP contribution in [0.4, 0.5) is 0 Å². The summed E-state index contributed by atoms with van der Waals surface area (Å²) in [6, 6.07) is 0.475. The van der Waals surface area contributed by atoms with Crippen LogP contribution in [0.25, 0.3) is 0 Å². The summed E-state index contributed by atoms with van der Waals surface area (Å²) in [4.78, 5) is 11.4. The molecule has 2 fully saturated rings. The van der Waals surface area contributed by atoms with Crippen molar-refractivity contribution in [2.45, 2.75) is 50.7 Å². The zero-order valence-electron chi connectivity index (χ0n) is 10.1. The van der Waals surface area contributed by atoms with E-state index in [0.29, 0.717) is 12.5 Å². The Labute approximate surface area is 97.1 Å². The van der Waals surface area contributed by atoms with Gasteiger partial charge in [0.15, 0.2) is 0 Å². The number of hydrogen-bond donors (Lipinski definition) is 2. The topological polar surface area (TPSA) is 50.4 Å². The first-order chi connectivity index (χ1) is 7.68. The molecule has 0 aromatic carbocycles. The van der Waals surface area contributed by atoms with Gasteiger partial charge in [-0.05, 0) is 32.6 Å². The molecule has 1 heterocycles. The van der Waals surface area contributed by atoms with Crippen LogP contribution in [-0.4, -0.2) is 37.2 Å². The summed E-state index contributed by atoms with van der Waals surface area (Å²) in [6.07, 6.45) is 5.16. The molecule has 2 aliphatic rings. The molecule has 2 N–H and O–H groups in total. The molecular weight excluding hydrogens is 204 g/mol. The van der Waals surface area contributed by atoms with Gasteiger partial charge in [0.1, 0.15) is 0 Å². The van der Waals surface area contributed by atoms with E-state index in [1.165, 1.54) is 0 Å². The molecule has 1 atom stereocenters. The van der Waals surface area contributed by atoms with E-state index in [9.17, 15) is 4.79 Å². The van der Waals surface area contributed by atoms with Crippen molar-refractivity contribution < 1.29 is 9.53 Å². The summed E-state index contributed by atoms with van der Waals surface area (Å²) < 4.78 is 5.66. The Bertz CT molecular complexity index is 245.